The number of amides is 1. The maximum absolute atomic E-state index is 13.0. The zero-order valence-electron chi connectivity index (χ0n) is 15.3. The molecule has 0 fully saturated rings. The van der Waals surface area contributed by atoms with Crippen molar-refractivity contribution in [3.8, 4) is 0 Å². The zero-order chi connectivity index (χ0) is 19.1. The van der Waals surface area contributed by atoms with E-state index in [0.717, 1.165) is 52.8 Å². The molecule has 27 heavy (non-hydrogen) atoms. The highest BCUT2D eigenvalue weighted by Gasteiger charge is 2.22. The van der Waals surface area contributed by atoms with Crippen molar-refractivity contribution in [3.05, 3.63) is 54.9 Å². The molecule has 1 N–H and O–H groups in total. The van der Waals surface area contributed by atoms with E-state index in [1.54, 1.807) is 4.57 Å². The van der Waals surface area contributed by atoms with Crippen LogP contribution < -0.4 is 10.9 Å². The molecule has 0 unspecified atom stereocenters. The topological polar surface area (TPSA) is 64.0 Å². The van der Waals surface area contributed by atoms with Gasteiger partial charge in [0.2, 0.25) is 0 Å². The Kier molecular flexibility index (Phi) is 4.90. The van der Waals surface area contributed by atoms with E-state index in [2.05, 4.69) is 21.2 Å². The molecule has 1 aliphatic heterocycles. The number of aromatic nitrogens is 2. The van der Waals surface area contributed by atoms with Crippen molar-refractivity contribution in [1.82, 2.24) is 9.55 Å². The number of nitrogens with one attached hydrogen (secondary N) is 1. The lowest BCUT2D eigenvalue weighted by Gasteiger charge is -2.08. The first-order chi connectivity index (χ1) is 13.0. The molecule has 0 bridgehead atoms. The molecule has 1 aromatic carbocycles. The Morgan fingerprint density at radius 3 is 2.85 bits per heavy atom. The van der Waals surface area contributed by atoms with Gasteiger partial charge < -0.3 is 5.32 Å². The van der Waals surface area contributed by atoms with Crippen LogP contribution >= 0.6 is 27.3 Å². The molecule has 0 radical (unpaired) electrons. The number of halogens is 1. The van der Waals surface area contributed by atoms with E-state index in [4.69, 9.17) is 4.98 Å². The minimum atomic E-state index is -0.197. The normalized spacial score (nSPS) is 14.0. The summed E-state index contributed by atoms with van der Waals surface area (Å²) >= 11 is 4.77. The number of thiophene rings is 1. The molecule has 0 spiro atoms. The van der Waals surface area contributed by atoms with Crippen molar-refractivity contribution >= 4 is 49.1 Å². The minimum Gasteiger partial charge on any atom is -0.321 e. The second-order valence-electron chi connectivity index (χ2n) is 6.95. The molecular weight excluding hydrogens is 426 g/mol. The summed E-state index contributed by atoms with van der Waals surface area (Å²) in [5, 5.41) is 3.53. The predicted octanol–water partition coefficient (Wildman–Crippen LogP) is 4.82. The summed E-state index contributed by atoms with van der Waals surface area (Å²) in [7, 11) is 0. The van der Waals surface area contributed by atoms with Crippen molar-refractivity contribution in [2.75, 3.05) is 5.32 Å². The first kappa shape index (κ1) is 18.4. The third-order valence-electron chi connectivity index (χ3n) is 5.03. The summed E-state index contributed by atoms with van der Waals surface area (Å²) in [6, 6.07) is 5.68. The van der Waals surface area contributed by atoms with E-state index in [-0.39, 0.29) is 11.5 Å². The summed E-state index contributed by atoms with van der Waals surface area (Å²) in [6.45, 7) is 4.53. The van der Waals surface area contributed by atoms with Crippen LogP contribution in [0.25, 0.3) is 10.2 Å². The SMILES string of the molecule is Cc1cc(NC(=O)c2sc3nc4n(c(=O)c3c2C)CCCCC4)ccc1Br. The van der Waals surface area contributed by atoms with E-state index >= 15 is 0 Å². The van der Waals surface area contributed by atoms with Gasteiger partial charge in [-0.3, -0.25) is 14.2 Å². The van der Waals surface area contributed by atoms with Crippen LogP contribution in [0.1, 0.15) is 45.9 Å². The molecule has 0 atom stereocenters. The van der Waals surface area contributed by atoms with Crippen molar-refractivity contribution in [1.29, 1.82) is 0 Å². The largest absolute Gasteiger partial charge is 0.321 e. The van der Waals surface area contributed by atoms with Gasteiger partial charge in [-0.2, -0.15) is 0 Å². The zero-order valence-corrected chi connectivity index (χ0v) is 17.7. The van der Waals surface area contributed by atoms with Crippen LogP contribution in [0.15, 0.2) is 27.5 Å². The number of carbonyl (C=O) groups excluding carboxylic acids is 1. The second-order valence-corrected chi connectivity index (χ2v) is 8.80. The fraction of sp³-hybridized carbons (Fsp3) is 0.350. The number of fused-ring (bicyclic) bond motifs is 2. The summed E-state index contributed by atoms with van der Waals surface area (Å²) < 4.78 is 2.80. The van der Waals surface area contributed by atoms with Crippen molar-refractivity contribution < 1.29 is 4.79 Å². The highest BCUT2D eigenvalue weighted by molar-refractivity contribution is 9.10. The van der Waals surface area contributed by atoms with Crippen LogP contribution in [0.2, 0.25) is 0 Å². The monoisotopic (exact) mass is 445 g/mol. The fourth-order valence-electron chi connectivity index (χ4n) is 3.54. The Morgan fingerprint density at radius 2 is 2.07 bits per heavy atom. The standard InChI is InChI=1S/C20H20BrN3O2S/c1-11-10-13(7-8-14(11)21)22-18(25)17-12(2)16-19(27-17)23-15-6-4-3-5-9-24(15)20(16)26/h7-8,10H,3-6,9H2,1-2H3,(H,22,25). The fourth-order valence-corrected chi connectivity index (χ4v) is 4.87. The second kappa shape index (κ2) is 7.20. The number of benzene rings is 1. The van der Waals surface area contributed by atoms with Crippen LogP contribution in [0.4, 0.5) is 5.69 Å². The Labute approximate surface area is 169 Å². The molecular formula is C20H20BrN3O2S. The smallest absolute Gasteiger partial charge is 0.266 e. The summed E-state index contributed by atoms with van der Waals surface area (Å²) in [5.74, 6) is 0.651. The maximum Gasteiger partial charge on any atom is 0.266 e. The van der Waals surface area contributed by atoms with Gasteiger partial charge in [-0.25, -0.2) is 4.98 Å². The van der Waals surface area contributed by atoms with Gasteiger partial charge in [0, 0.05) is 23.1 Å². The Morgan fingerprint density at radius 1 is 1.26 bits per heavy atom. The van der Waals surface area contributed by atoms with Crippen molar-refractivity contribution in [2.45, 2.75) is 46.1 Å². The quantitative estimate of drug-likeness (QED) is 0.614. The Bertz CT molecular complexity index is 1120. The third-order valence-corrected chi connectivity index (χ3v) is 7.11. The van der Waals surface area contributed by atoms with Gasteiger partial charge in [-0.15, -0.1) is 11.3 Å². The van der Waals surface area contributed by atoms with Gasteiger partial charge in [-0.1, -0.05) is 22.4 Å². The lowest BCUT2D eigenvalue weighted by molar-refractivity contribution is 0.103. The first-order valence-electron chi connectivity index (χ1n) is 9.06. The molecule has 3 heterocycles. The van der Waals surface area contributed by atoms with Gasteiger partial charge in [-0.05, 0) is 56.0 Å². The van der Waals surface area contributed by atoms with E-state index in [9.17, 15) is 9.59 Å². The molecule has 4 rings (SSSR count). The van der Waals surface area contributed by atoms with E-state index < -0.39 is 0 Å². The lowest BCUT2D eigenvalue weighted by atomic mass is 10.2. The number of nitrogens with zero attached hydrogens (tertiary/aromatic N) is 2. The molecule has 7 heteroatoms. The lowest BCUT2D eigenvalue weighted by Crippen LogP contribution is -2.24. The van der Waals surface area contributed by atoms with Crippen molar-refractivity contribution in [3.63, 3.8) is 0 Å². The highest BCUT2D eigenvalue weighted by Crippen LogP contribution is 2.29. The Hall–Kier alpha value is -1.99. The summed E-state index contributed by atoms with van der Waals surface area (Å²) in [6.07, 6.45) is 4.00. The van der Waals surface area contributed by atoms with E-state index in [1.807, 2.05) is 32.0 Å². The molecule has 140 valence electrons. The number of anilines is 1. The average Bonchev–Trinajstić information content (AvgIpc) is 2.80. The number of carbonyl (C=O) groups is 1. The minimum absolute atomic E-state index is 0.0100. The van der Waals surface area contributed by atoms with E-state index in [0.29, 0.717) is 21.6 Å². The molecule has 5 nitrogen and oxygen atoms in total. The van der Waals surface area contributed by atoms with Crippen LogP contribution in [0.5, 0.6) is 0 Å². The van der Waals surface area contributed by atoms with Crippen LogP contribution in [-0.2, 0) is 13.0 Å². The molecule has 0 saturated heterocycles. The highest BCUT2D eigenvalue weighted by atomic mass is 79.9. The van der Waals surface area contributed by atoms with Gasteiger partial charge in [0.1, 0.15) is 10.7 Å². The molecule has 1 aliphatic rings. The average molecular weight is 446 g/mol. The van der Waals surface area contributed by atoms with Crippen LogP contribution in [0, 0.1) is 13.8 Å². The number of hydrogen-bond acceptors (Lipinski definition) is 4. The molecule has 3 aromatic rings. The third kappa shape index (κ3) is 3.34. The van der Waals surface area contributed by atoms with Gasteiger partial charge in [0.15, 0.2) is 0 Å². The van der Waals surface area contributed by atoms with E-state index in [1.165, 1.54) is 11.3 Å². The summed E-state index contributed by atoms with van der Waals surface area (Å²) in [5.41, 5.74) is 2.49. The maximum atomic E-state index is 13.0. The molecule has 2 aromatic heterocycles. The van der Waals surface area contributed by atoms with Crippen molar-refractivity contribution in [2.24, 2.45) is 0 Å². The predicted molar refractivity (Wildman–Crippen MR) is 113 cm³/mol. The Balaban J connectivity index is 1.75. The number of rotatable bonds is 2. The number of aryl methyl sites for hydroxylation is 3. The molecule has 1 amide bonds. The van der Waals surface area contributed by atoms with Gasteiger partial charge >= 0.3 is 0 Å². The van der Waals surface area contributed by atoms with Crippen LogP contribution in [-0.4, -0.2) is 15.5 Å². The molecule has 0 saturated carbocycles. The van der Waals surface area contributed by atoms with Crippen LogP contribution in [0.3, 0.4) is 0 Å². The number of hydrogen-bond donors (Lipinski definition) is 1. The molecule has 0 aliphatic carbocycles. The summed E-state index contributed by atoms with van der Waals surface area (Å²) in [4.78, 5) is 31.8. The van der Waals surface area contributed by atoms with Gasteiger partial charge in [0.25, 0.3) is 11.5 Å². The van der Waals surface area contributed by atoms with Gasteiger partial charge in [0.05, 0.1) is 10.3 Å². The first-order valence-corrected chi connectivity index (χ1v) is 10.7.